The summed E-state index contributed by atoms with van der Waals surface area (Å²) in [7, 11) is 1.71. The van der Waals surface area contributed by atoms with E-state index in [1.165, 1.54) is 0 Å². The monoisotopic (exact) mass is 384 g/mol. The molecule has 1 aliphatic carbocycles. The van der Waals surface area contributed by atoms with Crippen LogP contribution in [0.25, 0.3) is 0 Å². The van der Waals surface area contributed by atoms with Crippen molar-refractivity contribution in [1.82, 2.24) is 0 Å². The molecule has 2 amide bonds. The van der Waals surface area contributed by atoms with E-state index in [1.54, 1.807) is 36.2 Å². The highest BCUT2D eigenvalue weighted by atomic mass is 16.5. The maximum Gasteiger partial charge on any atom is 0.261 e. The molecule has 0 bridgehead atoms. The molecule has 1 N–H and O–H groups in total. The van der Waals surface area contributed by atoms with Crippen molar-refractivity contribution >= 4 is 23.2 Å². The van der Waals surface area contributed by atoms with Gasteiger partial charge in [-0.05, 0) is 48.7 Å². The first-order valence-corrected chi connectivity index (χ1v) is 9.64. The van der Waals surface area contributed by atoms with Crippen LogP contribution in [0.5, 0.6) is 11.5 Å². The van der Waals surface area contributed by atoms with Crippen LogP contribution in [-0.4, -0.2) is 18.9 Å². The van der Waals surface area contributed by atoms with Gasteiger partial charge in [0.15, 0.2) is 5.75 Å². The number of ether oxygens (including phenoxy) is 1. The van der Waals surface area contributed by atoms with Crippen LogP contribution in [0.3, 0.4) is 0 Å². The summed E-state index contributed by atoms with van der Waals surface area (Å²) in [6.07, 6.45) is 1.68. The average molecular weight is 384 g/mol. The highest BCUT2D eigenvalue weighted by Crippen LogP contribution is 2.49. The van der Waals surface area contributed by atoms with Crippen molar-refractivity contribution in [2.75, 3.05) is 17.3 Å². The second kappa shape index (κ2) is 6.48. The molecular weight excluding hydrogens is 364 g/mol. The van der Waals surface area contributed by atoms with E-state index < -0.39 is 5.41 Å². The Morgan fingerprint density at radius 3 is 2.45 bits per heavy atom. The lowest BCUT2D eigenvalue weighted by molar-refractivity contribution is -0.118. The number of carbonyl (C=O) groups excluding carboxylic acids is 2. The molecule has 0 saturated heterocycles. The standard InChI is InChI=1S/C24H20N2O3/c1-26-19-15-17(25-23(28)24(13-14-24)16-7-3-2-4-8-16)11-12-21(19)29-20-10-6-5-9-18(20)22(26)27/h2-12,15H,13-14H2,1H3,(H,25,28). The molecule has 0 radical (unpaired) electrons. The molecule has 1 fully saturated rings. The lowest BCUT2D eigenvalue weighted by atomic mass is 9.95. The summed E-state index contributed by atoms with van der Waals surface area (Å²) in [4.78, 5) is 27.4. The summed E-state index contributed by atoms with van der Waals surface area (Å²) in [6, 6.07) is 22.4. The molecule has 2 aliphatic rings. The molecule has 5 nitrogen and oxygen atoms in total. The van der Waals surface area contributed by atoms with Crippen LogP contribution in [0.2, 0.25) is 0 Å². The van der Waals surface area contributed by atoms with Gasteiger partial charge in [-0.1, -0.05) is 42.5 Å². The Bertz CT molecular complexity index is 1120. The molecule has 3 aromatic rings. The number of nitrogens with one attached hydrogen (secondary N) is 1. The first-order valence-electron chi connectivity index (χ1n) is 9.64. The van der Waals surface area contributed by atoms with Gasteiger partial charge in [0.25, 0.3) is 5.91 Å². The predicted molar refractivity (Wildman–Crippen MR) is 112 cm³/mol. The van der Waals surface area contributed by atoms with Gasteiger partial charge < -0.3 is 15.0 Å². The third-order valence-corrected chi connectivity index (χ3v) is 5.73. The minimum atomic E-state index is -0.456. The van der Waals surface area contributed by atoms with Gasteiger partial charge in [-0.15, -0.1) is 0 Å². The molecular formula is C24H20N2O3. The van der Waals surface area contributed by atoms with Crippen molar-refractivity contribution < 1.29 is 14.3 Å². The van der Waals surface area contributed by atoms with Crippen molar-refractivity contribution in [3.05, 3.63) is 83.9 Å². The van der Waals surface area contributed by atoms with Crippen molar-refractivity contribution in [2.24, 2.45) is 0 Å². The Morgan fingerprint density at radius 2 is 1.69 bits per heavy atom. The summed E-state index contributed by atoms with van der Waals surface area (Å²) < 4.78 is 5.98. The smallest absolute Gasteiger partial charge is 0.261 e. The molecule has 0 unspecified atom stereocenters. The van der Waals surface area contributed by atoms with Crippen molar-refractivity contribution in [3.8, 4) is 11.5 Å². The van der Waals surface area contributed by atoms with Crippen LogP contribution in [-0.2, 0) is 10.2 Å². The highest BCUT2D eigenvalue weighted by Gasteiger charge is 2.51. The molecule has 5 rings (SSSR count). The van der Waals surface area contributed by atoms with Crippen LogP contribution >= 0.6 is 0 Å². The summed E-state index contributed by atoms with van der Waals surface area (Å²) >= 11 is 0. The Balaban J connectivity index is 1.45. The fourth-order valence-electron chi connectivity index (χ4n) is 3.86. The fourth-order valence-corrected chi connectivity index (χ4v) is 3.86. The molecule has 0 atom stereocenters. The molecule has 5 heteroatoms. The van der Waals surface area contributed by atoms with E-state index in [0.29, 0.717) is 28.4 Å². The van der Waals surface area contributed by atoms with Crippen molar-refractivity contribution in [3.63, 3.8) is 0 Å². The second-order valence-corrected chi connectivity index (χ2v) is 7.55. The van der Waals surface area contributed by atoms with Crippen molar-refractivity contribution in [2.45, 2.75) is 18.3 Å². The Labute approximate surface area is 168 Å². The number of hydrogen-bond acceptors (Lipinski definition) is 3. The topological polar surface area (TPSA) is 58.6 Å². The molecule has 0 aromatic heterocycles. The predicted octanol–water partition coefficient (Wildman–Crippen LogP) is 4.74. The normalized spacial score (nSPS) is 16.2. The van der Waals surface area contributed by atoms with E-state index in [-0.39, 0.29) is 11.8 Å². The Kier molecular flexibility index (Phi) is 3.91. The number of anilines is 2. The molecule has 29 heavy (non-hydrogen) atoms. The van der Waals surface area contributed by atoms with Crippen LogP contribution in [0.15, 0.2) is 72.8 Å². The van der Waals surface area contributed by atoms with Crippen LogP contribution in [0.1, 0.15) is 28.8 Å². The number of para-hydroxylation sites is 1. The van der Waals surface area contributed by atoms with E-state index in [2.05, 4.69) is 5.32 Å². The maximum atomic E-state index is 13.0. The van der Waals surface area contributed by atoms with Crippen molar-refractivity contribution in [1.29, 1.82) is 0 Å². The van der Waals surface area contributed by atoms with E-state index in [9.17, 15) is 9.59 Å². The van der Waals surface area contributed by atoms with Gasteiger partial charge >= 0.3 is 0 Å². The van der Waals surface area contributed by atoms with Gasteiger partial charge in [0.1, 0.15) is 5.75 Å². The number of amides is 2. The quantitative estimate of drug-likeness (QED) is 0.710. The third-order valence-electron chi connectivity index (χ3n) is 5.73. The summed E-state index contributed by atoms with van der Waals surface area (Å²) in [6.45, 7) is 0. The first kappa shape index (κ1) is 17.5. The van der Waals surface area contributed by atoms with E-state index in [0.717, 1.165) is 18.4 Å². The van der Waals surface area contributed by atoms with Gasteiger partial charge in [0.2, 0.25) is 5.91 Å². The molecule has 1 saturated carbocycles. The zero-order chi connectivity index (χ0) is 20.0. The largest absolute Gasteiger partial charge is 0.454 e. The van der Waals surface area contributed by atoms with Gasteiger partial charge in [0.05, 0.1) is 16.7 Å². The van der Waals surface area contributed by atoms with Gasteiger partial charge in [-0.3, -0.25) is 9.59 Å². The zero-order valence-electron chi connectivity index (χ0n) is 16.0. The zero-order valence-corrected chi connectivity index (χ0v) is 16.0. The fraction of sp³-hybridized carbons (Fsp3) is 0.167. The molecule has 3 aromatic carbocycles. The summed E-state index contributed by atoms with van der Waals surface area (Å²) in [5, 5.41) is 3.04. The van der Waals surface area contributed by atoms with Crippen LogP contribution < -0.4 is 15.0 Å². The molecule has 0 spiro atoms. The highest BCUT2D eigenvalue weighted by molar-refractivity contribution is 6.10. The molecule has 144 valence electrons. The number of fused-ring (bicyclic) bond motifs is 2. The number of benzene rings is 3. The minimum absolute atomic E-state index is 0.0181. The third kappa shape index (κ3) is 2.86. The maximum absolute atomic E-state index is 13.0. The number of nitrogens with zero attached hydrogens (tertiary/aromatic N) is 1. The van der Waals surface area contributed by atoms with E-state index in [4.69, 9.17) is 4.74 Å². The van der Waals surface area contributed by atoms with E-state index in [1.807, 2.05) is 48.5 Å². The first-order chi connectivity index (χ1) is 14.1. The molecule has 1 heterocycles. The summed E-state index contributed by atoms with van der Waals surface area (Å²) in [5.74, 6) is 0.940. The Hall–Kier alpha value is -3.60. The lowest BCUT2D eigenvalue weighted by Crippen LogP contribution is -2.28. The van der Waals surface area contributed by atoms with E-state index >= 15 is 0 Å². The number of rotatable bonds is 3. The number of hydrogen-bond donors (Lipinski definition) is 1. The molecule has 1 aliphatic heterocycles. The minimum Gasteiger partial charge on any atom is -0.454 e. The average Bonchev–Trinajstić information content (AvgIpc) is 3.57. The SMILES string of the molecule is CN1C(=O)c2ccccc2Oc2ccc(NC(=O)C3(c4ccccc4)CC3)cc21. The lowest BCUT2D eigenvalue weighted by Gasteiger charge is -2.19. The van der Waals surface area contributed by atoms with Crippen LogP contribution in [0.4, 0.5) is 11.4 Å². The van der Waals surface area contributed by atoms with Crippen LogP contribution in [0, 0.1) is 0 Å². The second-order valence-electron chi connectivity index (χ2n) is 7.55. The van der Waals surface area contributed by atoms with Gasteiger partial charge in [0, 0.05) is 12.7 Å². The summed E-state index contributed by atoms with van der Waals surface area (Å²) in [5.41, 5.74) is 2.36. The number of carbonyl (C=O) groups is 2. The Morgan fingerprint density at radius 1 is 0.966 bits per heavy atom. The van der Waals surface area contributed by atoms with Gasteiger partial charge in [-0.25, -0.2) is 0 Å². The van der Waals surface area contributed by atoms with Gasteiger partial charge in [-0.2, -0.15) is 0 Å².